The van der Waals surface area contributed by atoms with Crippen molar-refractivity contribution in [2.75, 3.05) is 39.2 Å². The van der Waals surface area contributed by atoms with E-state index in [4.69, 9.17) is 9.47 Å². The van der Waals surface area contributed by atoms with E-state index in [-0.39, 0.29) is 18.6 Å². The topological polar surface area (TPSA) is 64.6 Å². The number of benzene rings is 1. The largest absolute Gasteiger partial charge is 0.497 e. The first-order valence-corrected chi connectivity index (χ1v) is 9.87. The van der Waals surface area contributed by atoms with Gasteiger partial charge in [0.1, 0.15) is 5.75 Å². The van der Waals surface area contributed by atoms with E-state index in [1.165, 1.54) is 6.42 Å². The molecule has 6 nitrogen and oxygen atoms in total. The van der Waals surface area contributed by atoms with Gasteiger partial charge in [-0.05, 0) is 50.8 Å². The molecule has 0 aliphatic carbocycles. The second kappa shape index (κ2) is 9.22. The van der Waals surface area contributed by atoms with Crippen molar-refractivity contribution in [1.29, 1.82) is 0 Å². The van der Waals surface area contributed by atoms with E-state index >= 15 is 0 Å². The number of likely N-dealkylation sites (tertiary alicyclic amines) is 1. The van der Waals surface area contributed by atoms with Gasteiger partial charge in [0.05, 0.1) is 45.1 Å². The lowest BCUT2D eigenvalue weighted by atomic mass is 10.0. The van der Waals surface area contributed by atoms with Gasteiger partial charge in [-0.3, -0.25) is 4.79 Å². The molecule has 1 aliphatic heterocycles. The molecule has 6 heteroatoms. The third-order valence-electron chi connectivity index (χ3n) is 5.57. The molecule has 1 heterocycles. The minimum atomic E-state index is -0.457. The quantitative estimate of drug-likeness (QED) is 0.583. The molecule has 1 amide bonds. The van der Waals surface area contributed by atoms with Crippen molar-refractivity contribution in [3.05, 3.63) is 23.3 Å². The molecule has 1 aromatic carbocycles. The number of rotatable bonds is 7. The van der Waals surface area contributed by atoms with E-state index in [2.05, 4.69) is 19.3 Å². The fourth-order valence-corrected chi connectivity index (χ4v) is 4.07. The van der Waals surface area contributed by atoms with Gasteiger partial charge in [-0.25, -0.2) is 4.79 Å². The summed E-state index contributed by atoms with van der Waals surface area (Å²) in [5.41, 5.74) is 1.63. The van der Waals surface area contributed by atoms with Crippen LogP contribution in [-0.4, -0.2) is 56.3 Å². The maximum atomic E-state index is 13.2. The number of hydrogen-bond acceptors (Lipinski definition) is 4. The number of quaternary nitrogens is 1. The number of anilines is 1. The molecule has 1 unspecified atom stereocenters. The number of aryl methyl sites for hydroxylation is 1. The monoisotopic (exact) mass is 377 g/mol. The van der Waals surface area contributed by atoms with Gasteiger partial charge in [0, 0.05) is 6.42 Å². The standard InChI is InChI=1S/C21H32N2O4/c1-6-18(23(4)11-9-8-10-12-23)20(24)22-19-15(3)13-16(26-5)14-17(19)21(25)27-7-2/h13-14,18H,6-12H2,1-5H3/p+1. The molecule has 0 bridgehead atoms. The predicted molar refractivity (Wildman–Crippen MR) is 106 cm³/mol. The molecule has 0 saturated carbocycles. The molecule has 150 valence electrons. The third kappa shape index (κ3) is 4.80. The molecule has 27 heavy (non-hydrogen) atoms. The zero-order valence-corrected chi connectivity index (χ0v) is 17.3. The first-order chi connectivity index (χ1) is 12.9. The van der Waals surface area contributed by atoms with E-state index in [1.54, 1.807) is 20.1 Å². The van der Waals surface area contributed by atoms with Gasteiger partial charge in [-0.15, -0.1) is 0 Å². The summed E-state index contributed by atoms with van der Waals surface area (Å²) in [5, 5.41) is 3.03. The van der Waals surface area contributed by atoms with Crippen LogP contribution in [0.4, 0.5) is 5.69 Å². The van der Waals surface area contributed by atoms with Gasteiger partial charge >= 0.3 is 5.97 Å². The fraction of sp³-hybridized carbons (Fsp3) is 0.619. The molecule has 1 fully saturated rings. The minimum absolute atomic E-state index is 0.0410. The van der Waals surface area contributed by atoms with Gasteiger partial charge in [-0.2, -0.15) is 0 Å². The molecule has 1 atom stereocenters. The first kappa shape index (κ1) is 21.2. The summed E-state index contributed by atoms with van der Waals surface area (Å²) in [7, 11) is 3.72. The van der Waals surface area contributed by atoms with Crippen LogP contribution in [-0.2, 0) is 9.53 Å². The smallest absolute Gasteiger partial charge is 0.340 e. The average Bonchev–Trinajstić information content (AvgIpc) is 2.64. The number of likely N-dealkylation sites (N-methyl/N-ethyl adjacent to an activating group) is 1. The second-order valence-corrected chi connectivity index (χ2v) is 7.49. The van der Waals surface area contributed by atoms with Crippen LogP contribution in [0.25, 0.3) is 0 Å². The number of methoxy groups -OCH3 is 1. The fourth-order valence-electron chi connectivity index (χ4n) is 4.07. The lowest BCUT2D eigenvalue weighted by Gasteiger charge is -2.43. The van der Waals surface area contributed by atoms with Crippen molar-refractivity contribution in [3.63, 3.8) is 0 Å². The maximum absolute atomic E-state index is 13.2. The number of hydrogen-bond donors (Lipinski definition) is 1. The number of carbonyl (C=O) groups is 2. The van der Waals surface area contributed by atoms with Crippen molar-refractivity contribution < 1.29 is 23.5 Å². The highest BCUT2D eigenvalue weighted by atomic mass is 16.5. The van der Waals surface area contributed by atoms with Crippen molar-refractivity contribution in [1.82, 2.24) is 0 Å². The Morgan fingerprint density at radius 1 is 1.19 bits per heavy atom. The Bertz CT molecular complexity index is 681. The van der Waals surface area contributed by atoms with Crippen LogP contribution in [0.1, 0.15) is 55.5 Å². The molecule has 1 saturated heterocycles. The van der Waals surface area contributed by atoms with Gasteiger partial charge in [-0.1, -0.05) is 6.92 Å². The van der Waals surface area contributed by atoms with Crippen LogP contribution < -0.4 is 10.1 Å². The molecule has 0 radical (unpaired) electrons. The summed E-state index contributed by atoms with van der Waals surface area (Å²) >= 11 is 0. The van der Waals surface area contributed by atoms with Gasteiger partial charge in [0.25, 0.3) is 5.91 Å². The van der Waals surface area contributed by atoms with Crippen molar-refractivity contribution >= 4 is 17.6 Å². The summed E-state index contributed by atoms with van der Waals surface area (Å²) in [6.07, 6.45) is 4.29. The molecule has 0 spiro atoms. The number of piperidine rings is 1. The molecule has 1 N–H and O–H groups in total. The van der Waals surface area contributed by atoms with Crippen molar-refractivity contribution in [2.24, 2.45) is 0 Å². The van der Waals surface area contributed by atoms with Crippen LogP contribution in [0.2, 0.25) is 0 Å². The van der Waals surface area contributed by atoms with Gasteiger partial charge < -0.3 is 19.3 Å². The highest BCUT2D eigenvalue weighted by Gasteiger charge is 2.38. The number of carbonyl (C=O) groups excluding carboxylic acids is 2. The normalized spacial score (nSPS) is 17.1. The van der Waals surface area contributed by atoms with Gasteiger partial charge in [0.2, 0.25) is 0 Å². The van der Waals surface area contributed by atoms with Crippen LogP contribution in [0, 0.1) is 6.92 Å². The maximum Gasteiger partial charge on any atom is 0.340 e. The summed E-state index contributed by atoms with van der Waals surface area (Å²) in [6, 6.07) is 3.30. The third-order valence-corrected chi connectivity index (χ3v) is 5.57. The van der Waals surface area contributed by atoms with Crippen molar-refractivity contribution in [3.8, 4) is 5.75 Å². The van der Waals surface area contributed by atoms with E-state index in [0.29, 0.717) is 17.0 Å². The first-order valence-electron chi connectivity index (χ1n) is 9.87. The number of ether oxygens (including phenoxy) is 2. The molecule has 0 aromatic heterocycles. The Balaban J connectivity index is 2.33. The average molecular weight is 378 g/mol. The summed E-state index contributed by atoms with van der Waals surface area (Å²) in [4.78, 5) is 25.6. The lowest BCUT2D eigenvalue weighted by molar-refractivity contribution is -0.928. The minimum Gasteiger partial charge on any atom is -0.497 e. The lowest BCUT2D eigenvalue weighted by Crippen LogP contribution is -2.59. The zero-order chi connectivity index (χ0) is 20.0. The number of esters is 1. The Kier molecular flexibility index (Phi) is 7.25. The van der Waals surface area contributed by atoms with Gasteiger partial charge in [0.15, 0.2) is 6.04 Å². The van der Waals surface area contributed by atoms with Crippen LogP contribution in [0.15, 0.2) is 12.1 Å². The van der Waals surface area contributed by atoms with Crippen molar-refractivity contribution in [2.45, 2.75) is 52.5 Å². The molecule has 2 rings (SSSR count). The summed E-state index contributed by atoms with van der Waals surface area (Å²) in [5.74, 6) is 0.0672. The number of nitrogens with zero attached hydrogens (tertiary/aromatic N) is 1. The summed E-state index contributed by atoms with van der Waals surface area (Å²) in [6.45, 7) is 7.97. The molecule has 1 aliphatic rings. The Morgan fingerprint density at radius 2 is 1.85 bits per heavy atom. The Hall–Kier alpha value is -2.08. The summed E-state index contributed by atoms with van der Waals surface area (Å²) < 4.78 is 11.2. The number of amides is 1. The second-order valence-electron chi connectivity index (χ2n) is 7.49. The predicted octanol–water partition coefficient (Wildman–Crippen LogP) is 3.53. The van der Waals surface area contributed by atoms with Crippen LogP contribution in [0.3, 0.4) is 0 Å². The van der Waals surface area contributed by atoms with E-state index in [1.807, 2.05) is 13.0 Å². The zero-order valence-electron chi connectivity index (χ0n) is 17.3. The van der Waals surface area contributed by atoms with Crippen LogP contribution >= 0.6 is 0 Å². The van der Waals surface area contributed by atoms with Crippen LogP contribution in [0.5, 0.6) is 5.75 Å². The Morgan fingerprint density at radius 3 is 2.41 bits per heavy atom. The van der Waals surface area contributed by atoms with E-state index in [0.717, 1.165) is 42.4 Å². The Labute approximate surface area is 162 Å². The molecular formula is C21H33N2O4+. The number of nitrogens with one attached hydrogen (secondary N) is 1. The van der Waals surface area contributed by atoms with E-state index in [9.17, 15) is 9.59 Å². The molecular weight excluding hydrogens is 344 g/mol. The molecule has 1 aromatic rings. The SMILES string of the molecule is CCOC(=O)c1cc(OC)cc(C)c1NC(=O)C(CC)[N+]1(C)CCCCC1. The highest BCUT2D eigenvalue weighted by Crippen LogP contribution is 2.29. The van der Waals surface area contributed by atoms with E-state index < -0.39 is 5.97 Å². The highest BCUT2D eigenvalue weighted by molar-refractivity contribution is 6.03.